The normalized spacial score (nSPS) is 20.3. The molecule has 0 bridgehead atoms. The molecule has 0 spiro atoms. The van der Waals surface area contributed by atoms with E-state index < -0.39 is 0 Å². The predicted octanol–water partition coefficient (Wildman–Crippen LogP) is 6.03. The third kappa shape index (κ3) is 5.35. The maximum absolute atomic E-state index is 5.79. The smallest absolute Gasteiger partial charge is 0.232 e. The summed E-state index contributed by atoms with van der Waals surface area (Å²) in [4.78, 5) is 14.7. The van der Waals surface area contributed by atoms with Crippen LogP contribution in [0.25, 0.3) is 0 Å². The Hall–Kier alpha value is -3.19. The maximum Gasteiger partial charge on any atom is 0.232 e. The van der Waals surface area contributed by atoms with E-state index in [9.17, 15) is 0 Å². The Bertz CT molecular complexity index is 1250. The van der Waals surface area contributed by atoms with Gasteiger partial charge in [0.2, 0.25) is 5.95 Å². The van der Waals surface area contributed by atoms with Crippen molar-refractivity contribution < 1.29 is 0 Å². The molecule has 1 saturated carbocycles. The van der Waals surface area contributed by atoms with Crippen LogP contribution in [-0.4, -0.2) is 34.7 Å². The fraction of sp³-hybridized carbons (Fsp3) is 0.452. The maximum atomic E-state index is 5.79. The van der Waals surface area contributed by atoms with Crippen LogP contribution in [-0.2, 0) is 18.5 Å². The lowest BCUT2D eigenvalue weighted by atomic mass is 9.79. The first-order valence-corrected chi connectivity index (χ1v) is 14.5. The highest BCUT2D eigenvalue weighted by molar-refractivity contribution is 7.80. The molecule has 1 aliphatic carbocycles. The molecule has 3 aliphatic rings. The molecule has 1 saturated heterocycles. The second-order valence-corrected chi connectivity index (χ2v) is 11.8. The minimum absolute atomic E-state index is 0.131. The van der Waals surface area contributed by atoms with Crippen molar-refractivity contribution in [2.24, 2.45) is 5.92 Å². The Morgan fingerprint density at radius 1 is 0.921 bits per heavy atom. The van der Waals surface area contributed by atoms with E-state index >= 15 is 0 Å². The molecule has 2 aliphatic heterocycles. The van der Waals surface area contributed by atoms with Crippen molar-refractivity contribution in [1.82, 2.24) is 15.3 Å². The second-order valence-electron chi connectivity index (χ2n) is 11.4. The van der Waals surface area contributed by atoms with Crippen molar-refractivity contribution in [3.8, 4) is 0 Å². The fourth-order valence-electron chi connectivity index (χ4n) is 6.50. The molecular formula is C31H38N6S. The van der Waals surface area contributed by atoms with Crippen LogP contribution in [0.5, 0.6) is 0 Å². The lowest BCUT2D eigenvalue weighted by Gasteiger charge is -2.33. The summed E-state index contributed by atoms with van der Waals surface area (Å²) in [7, 11) is 0. The summed E-state index contributed by atoms with van der Waals surface area (Å²) in [6.07, 6.45) is 7.37. The number of rotatable bonds is 6. The van der Waals surface area contributed by atoms with Crippen LogP contribution in [0.4, 0.5) is 17.6 Å². The average molecular weight is 527 g/mol. The molecule has 3 heterocycles. The highest BCUT2D eigenvalue weighted by Crippen LogP contribution is 2.40. The van der Waals surface area contributed by atoms with Gasteiger partial charge in [-0.3, -0.25) is 0 Å². The van der Waals surface area contributed by atoms with Gasteiger partial charge in [0.15, 0.2) is 5.11 Å². The van der Waals surface area contributed by atoms with Gasteiger partial charge in [-0.25, -0.2) is 0 Å². The number of anilines is 3. The Labute approximate surface area is 231 Å². The van der Waals surface area contributed by atoms with Crippen molar-refractivity contribution in [2.75, 3.05) is 34.8 Å². The molecule has 2 fully saturated rings. The van der Waals surface area contributed by atoms with Crippen molar-refractivity contribution >= 4 is 34.9 Å². The van der Waals surface area contributed by atoms with Gasteiger partial charge < -0.3 is 20.4 Å². The number of hydrogen-bond acceptors (Lipinski definition) is 5. The average Bonchev–Trinajstić information content (AvgIpc) is 3.61. The van der Waals surface area contributed by atoms with E-state index in [1.54, 1.807) is 0 Å². The summed E-state index contributed by atoms with van der Waals surface area (Å²) < 4.78 is 0. The molecule has 1 atom stereocenters. The lowest BCUT2D eigenvalue weighted by Crippen LogP contribution is -2.41. The lowest BCUT2D eigenvalue weighted by molar-refractivity contribution is 0.435. The highest BCUT2D eigenvalue weighted by Gasteiger charge is 2.35. The zero-order chi connectivity index (χ0) is 26.0. The number of piperidine rings is 1. The minimum Gasteiger partial charge on any atom is -0.361 e. The molecule has 0 radical (unpaired) electrons. The molecule has 3 aromatic rings. The molecule has 1 aromatic heterocycles. The summed E-state index contributed by atoms with van der Waals surface area (Å²) in [6, 6.07) is 21.7. The number of nitrogens with one attached hydrogen (secondary N) is 2. The molecule has 0 amide bonds. The first kappa shape index (κ1) is 25.1. The number of hydrogen-bond donors (Lipinski definition) is 2. The zero-order valence-electron chi connectivity index (χ0n) is 22.3. The molecule has 0 unspecified atom stereocenters. The van der Waals surface area contributed by atoms with Gasteiger partial charge in [0, 0.05) is 44.2 Å². The van der Waals surface area contributed by atoms with E-state index in [-0.39, 0.29) is 5.41 Å². The molecule has 198 valence electrons. The molecule has 6 nitrogen and oxygen atoms in total. The summed E-state index contributed by atoms with van der Waals surface area (Å²) in [5, 5.41) is 7.48. The molecule has 2 aromatic carbocycles. The minimum atomic E-state index is 0.131. The van der Waals surface area contributed by atoms with Gasteiger partial charge in [0.25, 0.3) is 0 Å². The molecule has 6 rings (SSSR count). The van der Waals surface area contributed by atoms with Gasteiger partial charge in [-0.15, -0.1) is 0 Å². The number of nitrogens with zero attached hydrogens (tertiary/aromatic N) is 4. The van der Waals surface area contributed by atoms with Crippen LogP contribution in [0.3, 0.4) is 0 Å². The van der Waals surface area contributed by atoms with Gasteiger partial charge in [-0.1, -0.05) is 74.4 Å². The van der Waals surface area contributed by atoms with Crippen LogP contribution in [0, 0.1) is 5.92 Å². The first-order chi connectivity index (χ1) is 18.6. The number of benzene rings is 2. The summed E-state index contributed by atoms with van der Waals surface area (Å²) in [5.41, 5.74) is 4.27. The van der Waals surface area contributed by atoms with Crippen molar-refractivity contribution in [1.29, 1.82) is 0 Å². The van der Waals surface area contributed by atoms with Gasteiger partial charge in [-0.05, 0) is 60.5 Å². The van der Waals surface area contributed by atoms with Crippen molar-refractivity contribution in [2.45, 2.75) is 64.0 Å². The van der Waals surface area contributed by atoms with Gasteiger partial charge >= 0.3 is 0 Å². The van der Waals surface area contributed by atoms with E-state index in [1.807, 2.05) is 0 Å². The Kier molecular flexibility index (Phi) is 7.20. The molecule has 7 heteroatoms. The van der Waals surface area contributed by atoms with Crippen molar-refractivity contribution in [3.63, 3.8) is 0 Å². The van der Waals surface area contributed by atoms with Crippen LogP contribution in [0.2, 0.25) is 0 Å². The second kappa shape index (κ2) is 10.9. The summed E-state index contributed by atoms with van der Waals surface area (Å²) in [6.45, 7) is 6.94. The summed E-state index contributed by atoms with van der Waals surface area (Å²) in [5.74, 6) is 3.17. The Balaban J connectivity index is 1.21. The van der Waals surface area contributed by atoms with Gasteiger partial charge in [0.05, 0.1) is 0 Å². The third-order valence-corrected chi connectivity index (χ3v) is 8.85. The van der Waals surface area contributed by atoms with E-state index in [0.717, 1.165) is 44.4 Å². The van der Waals surface area contributed by atoms with Crippen LogP contribution >= 0.6 is 12.2 Å². The van der Waals surface area contributed by atoms with Crippen molar-refractivity contribution in [3.05, 3.63) is 77.4 Å². The molecule has 38 heavy (non-hydrogen) atoms. The van der Waals surface area contributed by atoms with E-state index in [1.165, 1.54) is 55.2 Å². The molecule has 2 N–H and O–H groups in total. The predicted molar refractivity (Wildman–Crippen MR) is 160 cm³/mol. The largest absolute Gasteiger partial charge is 0.361 e. The quantitative estimate of drug-likeness (QED) is 0.380. The van der Waals surface area contributed by atoms with E-state index in [4.69, 9.17) is 22.2 Å². The van der Waals surface area contributed by atoms with E-state index in [2.05, 4.69) is 88.0 Å². The highest BCUT2D eigenvalue weighted by atomic mass is 32.1. The monoisotopic (exact) mass is 526 g/mol. The van der Waals surface area contributed by atoms with Crippen LogP contribution < -0.4 is 20.4 Å². The zero-order valence-corrected chi connectivity index (χ0v) is 23.1. The van der Waals surface area contributed by atoms with Crippen LogP contribution in [0.1, 0.15) is 62.1 Å². The number of thiocarbonyl (C=S) groups is 1. The van der Waals surface area contributed by atoms with Gasteiger partial charge in [0.1, 0.15) is 11.6 Å². The van der Waals surface area contributed by atoms with Gasteiger partial charge in [-0.2, -0.15) is 9.97 Å². The number of aromatic nitrogens is 2. The fourth-order valence-corrected chi connectivity index (χ4v) is 6.66. The standard InChI is InChI=1S/C31H38N6S/c1-23-10-9-17-36(19-23)27-18-28(37-20-24-11-5-6-12-25(24)21-37)34-29(33-27)35-30(38)32-22-31(15-7-8-16-31)26-13-3-2-4-14-26/h2-6,11-14,18,23H,7-10,15-17,19-22H2,1H3,(H2,32,33,34,35,38)/t23-/m1/s1. The van der Waals surface area contributed by atoms with E-state index in [0.29, 0.717) is 17.0 Å². The SMILES string of the molecule is C[C@@H]1CCCN(c2cc(N3Cc4ccccc4C3)nc(NC(=S)NCC3(c4ccccc4)CCCC3)n2)C1. The Morgan fingerprint density at radius 2 is 1.58 bits per heavy atom. The third-order valence-electron chi connectivity index (χ3n) is 8.60. The summed E-state index contributed by atoms with van der Waals surface area (Å²) >= 11 is 5.79. The first-order valence-electron chi connectivity index (χ1n) is 14.1. The molecular weight excluding hydrogens is 488 g/mol. The van der Waals surface area contributed by atoms with Crippen LogP contribution in [0.15, 0.2) is 60.7 Å². The number of fused-ring (bicyclic) bond motifs is 1. The Morgan fingerprint density at radius 3 is 2.26 bits per heavy atom. The topological polar surface area (TPSA) is 56.3 Å².